The highest BCUT2D eigenvalue weighted by atomic mass is 16.7. The molecule has 0 atom stereocenters. The number of rotatable bonds is 3. The molecule has 0 aromatic heterocycles. The smallest absolute Gasteiger partial charge is 0.431 e. The normalized spacial score (nSPS) is 11.0. The van der Waals surface area contributed by atoms with Gasteiger partial charge in [-0.25, -0.2) is 4.79 Å². The molecule has 0 aliphatic rings. The Labute approximate surface area is 76.2 Å². The molecule has 0 unspecified atom stereocenters. The monoisotopic (exact) mass is 190 g/mol. The van der Waals surface area contributed by atoms with E-state index in [2.05, 4.69) is 0 Å². The van der Waals surface area contributed by atoms with E-state index in [-0.39, 0.29) is 0 Å². The molecule has 0 aromatic rings. The Morgan fingerprint density at radius 2 is 1.92 bits per heavy atom. The molecule has 0 spiro atoms. The Morgan fingerprint density at radius 3 is 2.15 bits per heavy atom. The van der Waals surface area contributed by atoms with Gasteiger partial charge in [0.1, 0.15) is 6.54 Å². The molecule has 76 valence electrons. The summed E-state index contributed by atoms with van der Waals surface area (Å²) in [6, 6.07) is 0. The van der Waals surface area contributed by atoms with Crippen LogP contribution in [0, 0.1) is 0 Å². The van der Waals surface area contributed by atoms with Crippen LogP contribution in [-0.4, -0.2) is 34.3 Å². The average Bonchev–Trinajstić information content (AvgIpc) is 1.81. The SMILES string of the molecule is CC(C)(C)ON(CC(N)=O)C(=O)O. The van der Waals surface area contributed by atoms with Gasteiger partial charge in [-0.3, -0.25) is 9.63 Å². The van der Waals surface area contributed by atoms with Crippen molar-refractivity contribution in [3.05, 3.63) is 0 Å². The lowest BCUT2D eigenvalue weighted by atomic mass is 10.2. The Hall–Kier alpha value is -1.30. The van der Waals surface area contributed by atoms with Crippen molar-refractivity contribution in [2.75, 3.05) is 6.54 Å². The number of hydrogen-bond acceptors (Lipinski definition) is 3. The summed E-state index contributed by atoms with van der Waals surface area (Å²) in [7, 11) is 0. The third kappa shape index (κ3) is 5.92. The van der Waals surface area contributed by atoms with Crippen LogP contribution in [0.15, 0.2) is 0 Å². The van der Waals surface area contributed by atoms with E-state index in [1.54, 1.807) is 20.8 Å². The fraction of sp³-hybridized carbons (Fsp3) is 0.714. The molecule has 0 saturated heterocycles. The van der Waals surface area contributed by atoms with E-state index >= 15 is 0 Å². The van der Waals surface area contributed by atoms with Crippen molar-refractivity contribution in [3.63, 3.8) is 0 Å². The summed E-state index contributed by atoms with van der Waals surface area (Å²) >= 11 is 0. The first kappa shape index (κ1) is 11.7. The Morgan fingerprint density at radius 1 is 1.46 bits per heavy atom. The minimum absolute atomic E-state index is 0.466. The van der Waals surface area contributed by atoms with Crippen LogP contribution in [0.5, 0.6) is 0 Å². The van der Waals surface area contributed by atoms with Crippen molar-refractivity contribution in [1.82, 2.24) is 5.06 Å². The summed E-state index contributed by atoms with van der Waals surface area (Å²) in [4.78, 5) is 25.9. The summed E-state index contributed by atoms with van der Waals surface area (Å²) in [6.45, 7) is 4.55. The van der Waals surface area contributed by atoms with Crippen LogP contribution in [0.3, 0.4) is 0 Å². The van der Waals surface area contributed by atoms with E-state index < -0.39 is 24.1 Å². The fourth-order valence-electron chi connectivity index (χ4n) is 0.611. The van der Waals surface area contributed by atoms with Gasteiger partial charge in [0.05, 0.1) is 5.60 Å². The molecule has 0 rings (SSSR count). The number of hydroxylamine groups is 2. The van der Waals surface area contributed by atoms with Crippen molar-refractivity contribution in [2.24, 2.45) is 5.73 Å². The second-order valence-electron chi connectivity index (χ2n) is 3.49. The second-order valence-corrected chi connectivity index (χ2v) is 3.49. The highest BCUT2D eigenvalue weighted by molar-refractivity contribution is 5.79. The van der Waals surface area contributed by atoms with Gasteiger partial charge in [0.15, 0.2) is 0 Å². The van der Waals surface area contributed by atoms with Crippen LogP contribution in [0.25, 0.3) is 0 Å². The maximum atomic E-state index is 10.5. The van der Waals surface area contributed by atoms with Crippen LogP contribution < -0.4 is 5.73 Å². The van der Waals surface area contributed by atoms with Crippen molar-refractivity contribution < 1.29 is 19.5 Å². The van der Waals surface area contributed by atoms with E-state index in [1.807, 2.05) is 0 Å². The molecule has 0 aliphatic carbocycles. The molecule has 3 N–H and O–H groups in total. The molecule has 6 heteroatoms. The minimum Gasteiger partial charge on any atom is -0.463 e. The predicted molar refractivity (Wildman–Crippen MR) is 44.8 cm³/mol. The lowest BCUT2D eigenvalue weighted by Gasteiger charge is -2.26. The molecule has 0 saturated carbocycles. The number of carbonyl (C=O) groups excluding carboxylic acids is 1. The number of primary amides is 1. The molecule has 0 aliphatic heterocycles. The molecule has 0 radical (unpaired) electrons. The van der Waals surface area contributed by atoms with Gasteiger partial charge in [-0.2, -0.15) is 5.06 Å². The Balaban J connectivity index is 4.27. The van der Waals surface area contributed by atoms with Crippen molar-refractivity contribution in [2.45, 2.75) is 26.4 Å². The molecule has 13 heavy (non-hydrogen) atoms. The standard InChI is InChI=1S/C7H14N2O4/c1-7(2,3)13-9(6(11)12)4-5(8)10/h4H2,1-3H3,(H2,8,10)(H,11,12). The molecule has 2 amide bonds. The van der Waals surface area contributed by atoms with Crippen LogP contribution in [0.2, 0.25) is 0 Å². The van der Waals surface area contributed by atoms with Crippen LogP contribution in [0.4, 0.5) is 4.79 Å². The van der Waals surface area contributed by atoms with E-state index in [0.717, 1.165) is 0 Å². The minimum atomic E-state index is -1.34. The van der Waals surface area contributed by atoms with Gasteiger partial charge in [0, 0.05) is 0 Å². The quantitative estimate of drug-likeness (QED) is 0.621. The zero-order valence-corrected chi connectivity index (χ0v) is 7.90. The maximum Gasteiger partial charge on any atom is 0.431 e. The molecule has 0 bridgehead atoms. The zero-order chi connectivity index (χ0) is 10.6. The molecule has 6 nitrogen and oxygen atoms in total. The van der Waals surface area contributed by atoms with Gasteiger partial charge in [-0.05, 0) is 20.8 Å². The average molecular weight is 190 g/mol. The predicted octanol–water partition coefficient (Wildman–Crippen LogP) is 0.182. The third-order valence-electron chi connectivity index (χ3n) is 0.897. The second kappa shape index (κ2) is 4.08. The van der Waals surface area contributed by atoms with Crippen molar-refractivity contribution in [1.29, 1.82) is 0 Å². The largest absolute Gasteiger partial charge is 0.463 e. The first-order valence-corrected chi connectivity index (χ1v) is 3.70. The number of hydrogen-bond donors (Lipinski definition) is 2. The summed E-state index contributed by atoms with van der Waals surface area (Å²) in [5.74, 6) is -0.758. The fourth-order valence-corrected chi connectivity index (χ4v) is 0.611. The first-order chi connectivity index (χ1) is 5.72. The van der Waals surface area contributed by atoms with E-state index in [0.29, 0.717) is 5.06 Å². The van der Waals surface area contributed by atoms with Crippen molar-refractivity contribution >= 4 is 12.0 Å². The van der Waals surface area contributed by atoms with Gasteiger partial charge in [-0.15, -0.1) is 0 Å². The number of nitrogens with zero attached hydrogens (tertiary/aromatic N) is 1. The van der Waals surface area contributed by atoms with Gasteiger partial charge in [-0.1, -0.05) is 0 Å². The summed E-state index contributed by atoms with van der Waals surface area (Å²) in [5.41, 5.74) is 4.15. The molecular weight excluding hydrogens is 176 g/mol. The first-order valence-electron chi connectivity index (χ1n) is 3.70. The van der Waals surface area contributed by atoms with Gasteiger partial charge in [0.25, 0.3) is 0 Å². The summed E-state index contributed by atoms with van der Waals surface area (Å²) < 4.78 is 0. The highest BCUT2D eigenvalue weighted by Crippen LogP contribution is 2.09. The maximum absolute atomic E-state index is 10.5. The number of carboxylic acid groups (broad SMARTS) is 1. The highest BCUT2D eigenvalue weighted by Gasteiger charge is 2.22. The Bertz CT molecular complexity index is 209. The van der Waals surface area contributed by atoms with Gasteiger partial charge >= 0.3 is 6.09 Å². The van der Waals surface area contributed by atoms with Crippen LogP contribution >= 0.6 is 0 Å². The third-order valence-corrected chi connectivity index (χ3v) is 0.897. The van der Waals surface area contributed by atoms with Gasteiger partial charge < -0.3 is 10.8 Å². The lowest BCUT2D eigenvalue weighted by molar-refractivity contribution is -0.202. The number of carbonyl (C=O) groups is 2. The molecule has 0 aromatic carbocycles. The molecule has 0 fully saturated rings. The Kier molecular flexibility index (Phi) is 3.68. The van der Waals surface area contributed by atoms with Crippen LogP contribution in [0.1, 0.15) is 20.8 Å². The number of nitrogens with two attached hydrogens (primary N) is 1. The van der Waals surface area contributed by atoms with E-state index in [1.165, 1.54) is 0 Å². The molecule has 0 heterocycles. The summed E-state index contributed by atoms with van der Waals surface area (Å²) in [6.07, 6.45) is -1.34. The summed E-state index contributed by atoms with van der Waals surface area (Å²) in [5, 5.41) is 9.09. The zero-order valence-electron chi connectivity index (χ0n) is 7.90. The topological polar surface area (TPSA) is 92.9 Å². The van der Waals surface area contributed by atoms with Crippen molar-refractivity contribution in [3.8, 4) is 0 Å². The lowest BCUT2D eigenvalue weighted by Crippen LogP contribution is -2.42. The van der Waals surface area contributed by atoms with Gasteiger partial charge in [0.2, 0.25) is 5.91 Å². The van der Waals surface area contributed by atoms with Crippen LogP contribution in [-0.2, 0) is 9.63 Å². The number of amides is 2. The van der Waals surface area contributed by atoms with E-state index in [4.69, 9.17) is 15.7 Å². The van der Waals surface area contributed by atoms with E-state index in [9.17, 15) is 9.59 Å². The molecular formula is C7H14N2O4.